The molecule has 1 amide bonds. The molecule has 1 rings (SSSR count). The van der Waals surface area contributed by atoms with Crippen LogP contribution >= 0.6 is 0 Å². The van der Waals surface area contributed by atoms with Crippen molar-refractivity contribution in [2.75, 3.05) is 13.1 Å². The number of rotatable bonds is 8. The van der Waals surface area contributed by atoms with E-state index < -0.39 is 36.5 Å². The normalized spacial score (nSPS) is 21.5. The van der Waals surface area contributed by atoms with Gasteiger partial charge in [-0.1, -0.05) is 26.2 Å². The molecule has 1 heterocycles. The lowest BCUT2D eigenvalue weighted by Gasteiger charge is -2.32. The van der Waals surface area contributed by atoms with Crippen LogP contribution in [0.25, 0.3) is 0 Å². The summed E-state index contributed by atoms with van der Waals surface area (Å²) in [6.45, 7) is 8.87. The second kappa shape index (κ2) is 7.59. The lowest BCUT2D eigenvalue weighted by atomic mass is 10.1. The zero-order valence-electron chi connectivity index (χ0n) is 13.3. The molecule has 0 N–H and O–H groups in total. The van der Waals surface area contributed by atoms with Crippen LogP contribution in [0, 0.1) is 0 Å². The maximum atomic E-state index is 14.0. The van der Waals surface area contributed by atoms with Crippen LogP contribution in [-0.2, 0) is 9.59 Å². The summed E-state index contributed by atoms with van der Waals surface area (Å²) in [5, 5.41) is 1.91. The molecule has 0 aromatic heterocycles. The summed E-state index contributed by atoms with van der Waals surface area (Å²) in [5.74, 6) is -4.13. The molecule has 1 saturated heterocycles. The molecule has 0 spiro atoms. The zero-order valence-corrected chi connectivity index (χ0v) is 13.3. The fraction of sp³-hybridized carbons (Fsp3) is 0.500. The Balaban J connectivity index is 3.10. The first-order chi connectivity index (χ1) is 10.7. The van der Waals surface area contributed by atoms with E-state index in [4.69, 9.17) is 0 Å². The van der Waals surface area contributed by atoms with Gasteiger partial charge in [0.2, 0.25) is 6.41 Å². The van der Waals surface area contributed by atoms with Crippen LogP contribution in [0.4, 0.5) is 13.2 Å². The number of Topliss-reactive ketones (excluding diaryl/α,β-unsaturated/α-hetero) is 1. The van der Waals surface area contributed by atoms with Crippen molar-refractivity contribution < 1.29 is 22.8 Å². The molecular weight excluding hydrogens is 309 g/mol. The highest BCUT2D eigenvalue weighted by molar-refractivity contribution is 5.84. The number of hydrogen-bond donors (Lipinski definition) is 0. The van der Waals surface area contributed by atoms with E-state index in [2.05, 4.69) is 13.2 Å². The fourth-order valence-corrected chi connectivity index (χ4v) is 2.45. The van der Waals surface area contributed by atoms with Gasteiger partial charge in [0, 0.05) is 18.4 Å². The lowest BCUT2D eigenvalue weighted by Crippen LogP contribution is -2.49. The summed E-state index contributed by atoms with van der Waals surface area (Å²) in [5.41, 5.74) is 0.182. The van der Waals surface area contributed by atoms with Gasteiger partial charge >= 0.3 is 0 Å². The average Bonchev–Trinajstić information content (AvgIpc) is 2.82. The molecule has 1 aliphatic rings. The van der Waals surface area contributed by atoms with E-state index >= 15 is 0 Å². The predicted molar refractivity (Wildman–Crippen MR) is 81.3 cm³/mol. The SMILES string of the molecule is C=C/C(CN(C=O)N1CC(F)(F)CC1C(=O)CC)=C(/F)C(=C)C. The van der Waals surface area contributed by atoms with Gasteiger partial charge in [-0.15, -0.1) is 0 Å². The van der Waals surface area contributed by atoms with Crippen LogP contribution in [-0.4, -0.2) is 47.3 Å². The van der Waals surface area contributed by atoms with E-state index in [1.165, 1.54) is 13.0 Å². The first kappa shape index (κ1) is 19.2. The van der Waals surface area contributed by atoms with Crippen molar-refractivity contribution in [2.24, 2.45) is 0 Å². The summed E-state index contributed by atoms with van der Waals surface area (Å²) in [7, 11) is 0. The van der Waals surface area contributed by atoms with Crippen molar-refractivity contribution in [1.82, 2.24) is 10.0 Å². The molecule has 0 saturated carbocycles. The van der Waals surface area contributed by atoms with Crippen LogP contribution in [0.1, 0.15) is 26.7 Å². The zero-order chi connectivity index (χ0) is 17.8. The third kappa shape index (κ3) is 4.54. The highest BCUT2D eigenvalue weighted by atomic mass is 19.3. The molecule has 4 nitrogen and oxygen atoms in total. The van der Waals surface area contributed by atoms with E-state index in [1.807, 2.05) is 0 Å². The molecule has 0 aromatic carbocycles. The van der Waals surface area contributed by atoms with Crippen LogP contribution in [0.2, 0.25) is 0 Å². The molecule has 1 unspecified atom stereocenters. The molecule has 0 aliphatic carbocycles. The van der Waals surface area contributed by atoms with Crippen molar-refractivity contribution in [2.45, 2.75) is 38.7 Å². The second-order valence-corrected chi connectivity index (χ2v) is 5.52. The number of carbonyl (C=O) groups excluding carboxylic acids is 2. The molecule has 7 heteroatoms. The highest BCUT2D eigenvalue weighted by Gasteiger charge is 2.49. The Morgan fingerprint density at radius 3 is 2.52 bits per heavy atom. The van der Waals surface area contributed by atoms with Crippen molar-refractivity contribution in [1.29, 1.82) is 0 Å². The first-order valence-corrected chi connectivity index (χ1v) is 7.22. The van der Waals surface area contributed by atoms with E-state index in [0.717, 1.165) is 10.0 Å². The largest absolute Gasteiger partial charge is 0.298 e. The second-order valence-electron chi connectivity index (χ2n) is 5.52. The smallest absolute Gasteiger partial charge is 0.264 e. The van der Waals surface area contributed by atoms with Gasteiger partial charge in [-0.3, -0.25) is 14.6 Å². The number of carbonyl (C=O) groups is 2. The predicted octanol–water partition coefficient (Wildman–Crippen LogP) is 3.03. The minimum Gasteiger partial charge on any atom is -0.298 e. The Morgan fingerprint density at radius 1 is 1.48 bits per heavy atom. The number of nitrogens with zero attached hydrogens (tertiary/aromatic N) is 2. The molecule has 1 fully saturated rings. The molecule has 1 atom stereocenters. The topological polar surface area (TPSA) is 40.6 Å². The maximum absolute atomic E-state index is 14.0. The number of alkyl halides is 2. The summed E-state index contributed by atoms with van der Waals surface area (Å²) in [4.78, 5) is 23.2. The fourth-order valence-electron chi connectivity index (χ4n) is 2.45. The van der Waals surface area contributed by atoms with Gasteiger partial charge in [0.05, 0.1) is 19.1 Å². The number of hydrogen-bond acceptors (Lipinski definition) is 3. The minimum absolute atomic E-state index is 0.0440. The van der Waals surface area contributed by atoms with Crippen molar-refractivity contribution in [3.63, 3.8) is 0 Å². The van der Waals surface area contributed by atoms with Crippen LogP contribution < -0.4 is 0 Å². The van der Waals surface area contributed by atoms with Gasteiger partial charge in [0.25, 0.3) is 5.92 Å². The van der Waals surface area contributed by atoms with Gasteiger partial charge in [-0.05, 0) is 12.5 Å². The Kier molecular flexibility index (Phi) is 6.32. The number of ketones is 1. The summed E-state index contributed by atoms with van der Waals surface area (Å²) < 4.78 is 41.4. The molecule has 23 heavy (non-hydrogen) atoms. The van der Waals surface area contributed by atoms with Gasteiger partial charge in [0.15, 0.2) is 5.78 Å². The Labute approximate surface area is 133 Å². The molecule has 0 radical (unpaired) electrons. The van der Waals surface area contributed by atoms with Gasteiger partial charge in [-0.2, -0.15) is 0 Å². The molecular formula is C16H21F3N2O2. The Morgan fingerprint density at radius 2 is 2.09 bits per heavy atom. The van der Waals surface area contributed by atoms with E-state index in [9.17, 15) is 22.8 Å². The first-order valence-electron chi connectivity index (χ1n) is 7.22. The quantitative estimate of drug-likeness (QED) is 0.507. The van der Waals surface area contributed by atoms with Gasteiger partial charge in [0.1, 0.15) is 5.83 Å². The number of amides is 1. The minimum atomic E-state index is -3.08. The molecule has 128 valence electrons. The van der Waals surface area contributed by atoms with Gasteiger partial charge < -0.3 is 0 Å². The Bertz CT molecular complexity index is 543. The Hall–Kier alpha value is -1.89. The van der Waals surface area contributed by atoms with Gasteiger partial charge in [-0.25, -0.2) is 18.2 Å². The lowest BCUT2D eigenvalue weighted by molar-refractivity contribution is -0.142. The van der Waals surface area contributed by atoms with Crippen molar-refractivity contribution >= 4 is 12.2 Å². The standard InChI is InChI=1S/C16H21F3N2O2/c1-5-12(15(17)11(3)4)8-20(10-22)21-9-16(18,19)7-13(21)14(23)6-2/h5,10,13H,1,3,6-9H2,2,4H3/b15-12-. The van der Waals surface area contributed by atoms with Crippen LogP contribution in [0.3, 0.4) is 0 Å². The summed E-state index contributed by atoms with van der Waals surface area (Å²) in [6.07, 6.45) is 0.937. The van der Waals surface area contributed by atoms with Crippen molar-refractivity contribution in [3.05, 3.63) is 36.2 Å². The maximum Gasteiger partial charge on any atom is 0.264 e. The molecule has 0 bridgehead atoms. The molecule has 0 aromatic rings. The van der Waals surface area contributed by atoms with E-state index in [1.54, 1.807) is 6.92 Å². The average molecular weight is 330 g/mol. The summed E-state index contributed by atoms with van der Waals surface area (Å²) >= 11 is 0. The third-order valence-corrected chi connectivity index (χ3v) is 3.65. The van der Waals surface area contributed by atoms with Crippen LogP contribution in [0.15, 0.2) is 36.2 Å². The summed E-state index contributed by atoms with van der Waals surface area (Å²) in [6, 6.07) is -1.10. The van der Waals surface area contributed by atoms with E-state index in [-0.39, 0.29) is 24.1 Å². The van der Waals surface area contributed by atoms with Crippen LogP contribution in [0.5, 0.6) is 0 Å². The number of hydrazine groups is 1. The van der Waals surface area contributed by atoms with Crippen molar-refractivity contribution in [3.8, 4) is 0 Å². The highest BCUT2D eigenvalue weighted by Crippen LogP contribution is 2.34. The number of allylic oxidation sites excluding steroid dienone is 2. The molecule has 1 aliphatic heterocycles. The number of halogens is 3. The monoisotopic (exact) mass is 330 g/mol. The van der Waals surface area contributed by atoms with E-state index in [0.29, 0.717) is 6.41 Å². The third-order valence-electron chi connectivity index (χ3n) is 3.65.